The van der Waals surface area contributed by atoms with Gasteiger partial charge in [-0.25, -0.2) is 9.36 Å². The number of hydrogen-bond donors (Lipinski definition) is 0. The van der Waals surface area contributed by atoms with E-state index in [1.54, 1.807) is 12.5 Å². The minimum atomic E-state index is -0.121. The lowest BCUT2D eigenvalue weighted by Gasteiger charge is -2.41. The van der Waals surface area contributed by atoms with Gasteiger partial charge in [0, 0.05) is 26.2 Å². The van der Waals surface area contributed by atoms with E-state index in [4.69, 9.17) is 8.83 Å². The normalized spacial score (nSPS) is 15.9. The summed E-state index contributed by atoms with van der Waals surface area (Å²) in [5.74, 6) is 3.19. The predicted molar refractivity (Wildman–Crippen MR) is 160 cm³/mol. The van der Waals surface area contributed by atoms with Crippen molar-refractivity contribution in [3.8, 4) is 0 Å². The summed E-state index contributed by atoms with van der Waals surface area (Å²) >= 11 is 0. The lowest BCUT2D eigenvalue weighted by atomic mass is 9.99. The fourth-order valence-electron chi connectivity index (χ4n) is 5.94. The molecule has 224 valence electrons. The molecule has 0 saturated carbocycles. The minimum Gasteiger partial charge on any atom is -0.467 e. The fraction of sp³-hybridized carbons (Fsp3) is 0.312. The van der Waals surface area contributed by atoms with Gasteiger partial charge in [-0.05, 0) is 70.1 Å². The molecule has 7 rings (SSSR count). The maximum absolute atomic E-state index is 5.62. The Morgan fingerprint density at radius 3 is 1.36 bits per heavy atom. The fourth-order valence-corrected chi connectivity index (χ4v) is 5.94. The molecule has 1 fully saturated rings. The number of nitrogens with zero attached hydrogens (tertiary/aromatic N) is 10. The zero-order valence-corrected chi connectivity index (χ0v) is 24.8. The lowest BCUT2D eigenvalue weighted by Crippen LogP contribution is -2.50. The van der Waals surface area contributed by atoms with Gasteiger partial charge in [-0.15, -0.1) is 10.2 Å². The van der Waals surface area contributed by atoms with Crippen LogP contribution in [0.3, 0.4) is 0 Å². The van der Waals surface area contributed by atoms with Crippen molar-refractivity contribution in [1.82, 2.24) is 50.2 Å². The van der Waals surface area contributed by atoms with Crippen LogP contribution in [0.25, 0.3) is 0 Å². The first kappa shape index (κ1) is 27.9. The van der Waals surface area contributed by atoms with Crippen molar-refractivity contribution in [2.45, 2.75) is 39.0 Å². The van der Waals surface area contributed by atoms with E-state index >= 15 is 0 Å². The van der Waals surface area contributed by atoms with E-state index in [0.29, 0.717) is 13.1 Å². The number of aryl methyl sites for hydroxylation is 2. The Morgan fingerprint density at radius 2 is 1.00 bits per heavy atom. The Balaban J connectivity index is 1.18. The van der Waals surface area contributed by atoms with Crippen LogP contribution in [-0.4, -0.2) is 76.4 Å². The molecule has 0 aliphatic carbocycles. The molecule has 1 saturated heterocycles. The van der Waals surface area contributed by atoms with Gasteiger partial charge in [-0.3, -0.25) is 9.80 Å². The molecule has 0 radical (unpaired) electrons. The van der Waals surface area contributed by atoms with Gasteiger partial charge < -0.3 is 8.83 Å². The highest BCUT2D eigenvalue weighted by Crippen LogP contribution is 2.33. The van der Waals surface area contributed by atoms with Crippen LogP contribution >= 0.6 is 0 Å². The average Bonchev–Trinajstić information content (AvgIpc) is 3.88. The zero-order chi connectivity index (χ0) is 29.9. The first-order valence-corrected chi connectivity index (χ1v) is 14.8. The summed E-state index contributed by atoms with van der Waals surface area (Å²) in [7, 11) is 0. The second kappa shape index (κ2) is 12.3. The van der Waals surface area contributed by atoms with Crippen molar-refractivity contribution in [2.75, 3.05) is 26.2 Å². The number of hydrogen-bond acceptors (Lipinski definition) is 10. The molecule has 12 nitrogen and oxygen atoms in total. The molecule has 2 aromatic carbocycles. The molecule has 1 aliphatic rings. The number of aromatic nitrogens is 8. The second-order valence-electron chi connectivity index (χ2n) is 11.2. The molecule has 2 atom stereocenters. The van der Waals surface area contributed by atoms with Crippen LogP contribution in [0.5, 0.6) is 0 Å². The summed E-state index contributed by atoms with van der Waals surface area (Å²) in [5, 5.41) is 25.9. The standard InChI is InChI=1S/C32H34N10O2/c1-23-7-11-25(12-8-23)29(31-33-35-37-41(31)21-27-5-3-19-43-27)39-15-17-40(18-16-39)30(26-13-9-24(2)10-14-26)32-34-36-38-42(32)22-28-6-4-20-44-28/h3-14,19-20,29-30H,15-18,21-22H2,1-2H3/t29-,30-/m1/s1. The van der Waals surface area contributed by atoms with Crippen LogP contribution in [0.1, 0.15) is 57.5 Å². The van der Waals surface area contributed by atoms with Gasteiger partial charge in [0.25, 0.3) is 0 Å². The van der Waals surface area contributed by atoms with Gasteiger partial charge in [-0.1, -0.05) is 59.7 Å². The maximum atomic E-state index is 5.62. The molecular weight excluding hydrogens is 556 g/mol. The Hall–Kier alpha value is -4.94. The zero-order valence-electron chi connectivity index (χ0n) is 24.8. The SMILES string of the molecule is Cc1ccc([C@H](c2nnnn2Cc2ccco2)N2CCN([C@H](c3ccc(C)cc3)c3nnnn3Cc3ccco3)CC2)cc1. The van der Waals surface area contributed by atoms with Gasteiger partial charge in [0.05, 0.1) is 24.6 Å². The molecule has 0 amide bonds. The molecule has 0 bridgehead atoms. The van der Waals surface area contributed by atoms with Crippen LogP contribution in [0.15, 0.2) is 94.2 Å². The molecule has 1 aliphatic heterocycles. The van der Waals surface area contributed by atoms with E-state index in [1.165, 1.54) is 11.1 Å². The van der Waals surface area contributed by atoms with Crippen molar-refractivity contribution in [3.05, 3.63) is 131 Å². The Bertz CT molecular complexity index is 1620. The largest absolute Gasteiger partial charge is 0.467 e. The van der Waals surface area contributed by atoms with E-state index in [1.807, 2.05) is 33.6 Å². The van der Waals surface area contributed by atoms with Crippen LogP contribution < -0.4 is 0 Å². The van der Waals surface area contributed by atoms with E-state index in [0.717, 1.165) is 60.5 Å². The van der Waals surface area contributed by atoms with Gasteiger partial charge in [0.15, 0.2) is 11.6 Å². The topological polar surface area (TPSA) is 120 Å². The van der Waals surface area contributed by atoms with E-state index < -0.39 is 0 Å². The van der Waals surface area contributed by atoms with Gasteiger partial charge in [0.1, 0.15) is 24.6 Å². The Morgan fingerprint density at radius 1 is 0.591 bits per heavy atom. The maximum Gasteiger partial charge on any atom is 0.173 e. The molecule has 12 heteroatoms. The summed E-state index contributed by atoms with van der Waals surface area (Å²) in [6.07, 6.45) is 3.34. The first-order valence-electron chi connectivity index (χ1n) is 14.8. The van der Waals surface area contributed by atoms with Crippen molar-refractivity contribution >= 4 is 0 Å². The van der Waals surface area contributed by atoms with Gasteiger partial charge in [0.2, 0.25) is 0 Å². The third-order valence-electron chi connectivity index (χ3n) is 8.25. The van der Waals surface area contributed by atoms with E-state index in [9.17, 15) is 0 Å². The Kier molecular flexibility index (Phi) is 7.82. The number of piperazine rings is 1. The monoisotopic (exact) mass is 590 g/mol. The molecule has 5 heterocycles. The quantitative estimate of drug-likeness (QED) is 0.231. The molecule has 6 aromatic rings. The van der Waals surface area contributed by atoms with Gasteiger partial charge >= 0.3 is 0 Å². The van der Waals surface area contributed by atoms with Crippen molar-refractivity contribution < 1.29 is 8.83 Å². The third kappa shape index (κ3) is 5.81. The highest BCUT2D eigenvalue weighted by atomic mass is 16.3. The molecule has 4 aromatic heterocycles. The minimum absolute atomic E-state index is 0.121. The number of rotatable bonds is 10. The number of benzene rings is 2. The molecule has 0 N–H and O–H groups in total. The van der Waals surface area contributed by atoms with Crippen molar-refractivity contribution in [1.29, 1.82) is 0 Å². The van der Waals surface area contributed by atoms with Crippen LogP contribution in [0.2, 0.25) is 0 Å². The van der Waals surface area contributed by atoms with Crippen LogP contribution in [0, 0.1) is 13.8 Å². The summed E-state index contributed by atoms with van der Waals surface area (Å²) in [6.45, 7) is 8.33. The number of furan rings is 2. The molecular formula is C32H34N10O2. The summed E-state index contributed by atoms with van der Waals surface area (Å²) in [6, 6.07) is 24.7. The third-order valence-corrected chi connectivity index (χ3v) is 8.25. The highest BCUT2D eigenvalue weighted by Gasteiger charge is 2.35. The number of tetrazole rings is 2. The Labute approximate surface area is 254 Å². The van der Waals surface area contributed by atoms with Gasteiger partial charge in [-0.2, -0.15) is 0 Å². The van der Waals surface area contributed by atoms with E-state index in [2.05, 4.69) is 103 Å². The van der Waals surface area contributed by atoms with Crippen LogP contribution in [-0.2, 0) is 13.1 Å². The lowest BCUT2D eigenvalue weighted by molar-refractivity contribution is 0.0824. The van der Waals surface area contributed by atoms with Crippen LogP contribution in [0.4, 0.5) is 0 Å². The molecule has 0 spiro atoms. The summed E-state index contributed by atoms with van der Waals surface area (Å²) in [5.41, 5.74) is 4.72. The first-order chi connectivity index (χ1) is 21.6. The van der Waals surface area contributed by atoms with Crippen molar-refractivity contribution in [3.63, 3.8) is 0 Å². The highest BCUT2D eigenvalue weighted by molar-refractivity contribution is 5.30. The molecule has 44 heavy (non-hydrogen) atoms. The smallest absolute Gasteiger partial charge is 0.173 e. The average molecular weight is 591 g/mol. The van der Waals surface area contributed by atoms with E-state index in [-0.39, 0.29) is 12.1 Å². The molecule has 0 unspecified atom stereocenters. The summed E-state index contributed by atoms with van der Waals surface area (Å²) in [4.78, 5) is 4.92. The van der Waals surface area contributed by atoms with Crippen molar-refractivity contribution in [2.24, 2.45) is 0 Å². The second-order valence-corrected chi connectivity index (χ2v) is 11.2. The summed E-state index contributed by atoms with van der Waals surface area (Å²) < 4.78 is 14.9. The predicted octanol–water partition coefficient (Wildman–Crippen LogP) is 4.06.